The molecule has 0 spiro atoms. The summed E-state index contributed by atoms with van der Waals surface area (Å²) in [6.07, 6.45) is 0.839. The van der Waals surface area contributed by atoms with Crippen LogP contribution in [0.4, 0.5) is 4.39 Å². The summed E-state index contributed by atoms with van der Waals surface area (Å²) in [5.41, 5.74) is 0. The van der Waals surface area contributed by atoms with E-state index in [1.54, 1.807) is 0 Å². The van der Waals surface area contributed by atoms with Gasteiger partial charge in [-0.05, 0) is 19.8 Å². The van der Waals surface area contributed by atoms with Crippen LogP contribution in [0.2, 0.25) is 0 Å². The smallest absolute Gasteiger partial charge is 0.103 e. The van der Waals surface area contributed by atoms with E-state index in [2.05, 4.69) is 4.90 Å². The van der Waals surface area contributed by atoms with Gasteiger partial charge in [-0.15, -0.1) is 0 Å². The SMILES string of the molecule is CCOCCN1CCC(F)CC1. The first kappa shape index (κ1) is 9.93. The van der Waals surface area contributed by atoms with Gasteiger partial charge >= 0.3 is 0 Å². The van der Waals surface area contributed by atoms with Crippen LogP contribution in [-0.2, 0) is 4.74 Å². The molecule has 1 aliphatic rings. The molecule has 2 nitrogen and oxygen atoms in total. The normalized spacial score (nSPS) is 21.5. The molecule has 1 rings (SSSR count). The first-order valence-corrected chi connectivity index (χ1v) is 4.77. The summed E-state index contributed by atoms with van der Waals surface area (Å²) in [5.74, 6) is 0. The lowest BCUT2D eigenvalue weighted by molar-refractivity contribution is 0.0882. The van der Waals surface area contributed by atoms with E-state index in [1.165, 1.54) is 0 Å². The van der Waals surface area contributed by atoms with Gasteiger partial charge in [0, 0.05) is 26.2 Å². The van der Waals surface area contributed by atoms with Crippen molar-refractivity contribution in [3.63, 3.8) is 0 Å². The highest BCUT2D eigenvalue weighted by atomic mass is 19.1. The monoisotopic (exact) mass is 175 g/mol. The van der Waals surface area contributed by atoms with E-state index in [0.717, 1.165) is 32.8 Å². The molecular formula is C9H18FNO. The van der Waals surface area contributed by atoms with Crippen molar-refractivity contribution in [2.75, 3.05) is 32.8 Å². The van der Waals surface area contributed by atoms with Crippen molar-refractivity contribution in [2.45, 2.75) is 25.9 Å². The molecule has 1 aliphatic heterocycles. The zero-order valence-corrected chi connectivity index (χ0v) is 7.76. The fraction of sp³-hybridized carbons (Fsp3) is 1.00. The van der Waals surface area contributed by atoms with Crippen LogP contribution in [0.25, 0.3) is 0 Å². The Kier molecular flexibility index (Phi) is 4.54. The highest BCUT2D eigenvalue weighted by Crippen LogP contribution is 2.12. The maximum atomic E-state index is 12.7. The van der Waals surface area contributed by atoms with Crippen molar-refractivity contribution in [3.8, 4) is 0 Å². The van der Waals surface area contributed by atoms with E-state index in [4.69, 9.17) is 4.74 Å². The van der Waals surface area contributed by atoms with Gasteiger partial charge in [0.15, 0.2) is 0 Å². The van der Waals surface area contributed by atoms with Crippen LogP contribution in [0.3, 0.4) is 0 Å². The zero-order valence-electron chi connectivity index (χ0n) is 7.76. The summed E-state index contributed by atoms with van der Waals surface area (Å²) in [6.45, 7) is 6.31. The highest BCUT2D eigenvalue weighted by molar-refractivity contribution is 4.70. The third-order valence-corrected chi connectivity index (χ3v) is 2.27. The molecule has 0 atom stereocenters. The van der Waals surface area contributed by atoms with E-state index in [9.17, 15) is 4.39 Å². The second-order valence-corrected chi connectivity index (χ2v) is 3.21. The van der Waals surface area contributed by atoms with Gasteiger partial charge in [-0.1, -0.05) is 0 Å². The number of halogens is 1. The quantitative estimate of drug-likeness (QED) is 0.600. The van der Waals surface area contributed by atoms with Gasteiger partial charge in [-0.2, -0.15) is 0 Å². The molecular weight excluding hydrogens is 157 g/mol. The van der Waals surface area contributed by atoms with Crippen LogP contribution in [0.15, 0.2) is 0 Å². The topological polar surface area (TPSA) is 12.5 Å². The minimum Gasteiger partial charge on any atom is -0.380 e. The predicted octanol–water partition coefficient (Wildman–Crippen LogP) is 1.46. The van der Waals surface area contributed by atoms with Crippen molar-refractivity contribution in [1.82, 2.24) is 4.90 Å². The van der Waals surface area contributed by atoms with Crippen LogP contribution in [0.1, 0.15) is 19.8 Å². The molecule has 0 N–H and O–H groups in total. The molecule has 0 radical (unpaired) electrons. The Bertz CT molecular complexity index is 113. The molecule has 0 bridgehead atoms. The third-order valence-electron chi connectivity index (χ3n) is 2.27. The fourth-order valence-electron chi connectivity index (χ4n) is 1.46. The van der Waals surface area contributed by atoms with E-state index in [-0.39, 0.29) is 0 Å². The Morgan fingerprint density at radius 3 is 2.67 bits per heavy atom. The second-order valence-electron chi connectivity index (χ2n) is 3.21. The predicted molar refractivity (Wildman–Crippen MR) is 47.1 cm³/mol. The van der Waals surface area contributed by atoms with Crippen LogP contribution in [0.5, 0.6) is 0 Å². The van der Waals surface area contributed by atoms with Crippen molar-refractivity contribution in [1.29, 1.82) is 0 Å². The minimum absolute atomic E-state index is 0.562. The van der Waals surface area contributed by atoms with E-state index in [1.807, 2.05) is 6.92 Å². The lowest BCUT2D eigenvalue weighted by atomic mass is 10.1. The Balaban J connectivity index is 2.01. The fourth-order valence-corrected chi connectivity index (χ4v) is 1.46. The Hall–Kier alpha value is -0.150. The first-order valence-electron chi connectivity index (χ1n) is 4.77. The van der Waals surface area contributed by atoms with Crippen molar-refractivity contribution in [2.24, 2.45) is 0 Å². The van der Waals surface area contributed by atoms with Crippen LogP contribution in [0, 0.1) is 0 Å². The average molecular weight is 175 g/mol. The first-order chi connectivity index (χ1) is 5.83. The largest absolute Gasteiger partial charge is 0.380 e. The molecule has 0 saturated carbocycles. The van der Waals surface area contributed by atoms with E-state index in [0.29, 0.717) is 12.8 Å². The zero-order chi connectivity index (χ0) is 8.81. The standard InChI is InChI=1S/C9H18FNO/c1-2-12-8-7-11-5-3-9(10)4-6-11/h9H,2-8H2,1H3. The lowest BCUT2D eigenvalue weighted by Crippen LogP contribution is -2.36. The molecule has 1 heterocycles. The lowest BCUT2D eigenvalue weighted by Gasteiger charge is -2.28. The summed E-state index contributed by atoms with van der Waals surface area (Å²) >= 11 is 0. The van der Waals surface area contributed by atoms with Gasteiger partial charge in [0.25, 0.3) is 0 Å². The van der Waals surface area contributed by atoms with Crippen molar-refractivity contribution in [3.05, 3.63) is 0 Å². The Morgan fingerprint density at radius 1 is 1.42 bits per heavy atom. The molecule has 1 fully saturated rings. The number of ether oxygens (including phenoxy) is 1. The summed E-state index contributed by atoms with van der Waals surface area (Å²) in [4.78, 5) is 2.27. The Labute approximate surface area is 73.7 Å². The molecule has 0 amide bonds. The van der Waals surface area contributed by atoms with E-state index < -0.39 is 6.17 Å². The molecule has 0 unspecified atom stereocenters. The molecule has 72 valence electrons. The number of likely N-dealkylation sites (tertiary alicyclic amines) is 1. The Morgan fingerprint density at radius 2 is 2.08 bits per heavy atom. The van der Waals surface area contributed by atoms with Gasteiger partial charge < -0.3 is 9.64 Å². The van der Waals surface area contributed by atoms with Crippen molar-refractivity contribution < 1.29 is 9.13 Å². The molecule has 3 heteroatoms. The maximum absolute atomic E-state index is 12.7. The molecule has 0 aliphatic carbocycles. The van der Waals surface area contributed by atoms with Gasteiger partial charge in [0.05, 0.1) is 6.61 Å². The highest BCUT2D eigenvalue weighted by Gasteiger charge is 2.17. The molecule has 12 heavy (non-hydrogen) atoms. The molecule has 1 saturated heterocycles. The number of alkyl halides is 1. The van der Waals surface area contributed by atoms with Crippen LogP contribution >= 0.6 is 0 Å². The summed E-state index contributed by atoms with van der Waals surface area (Å²) in [6, 6.07) is 0. The number of hydrogen-bond acceptors (Lipinski definition) is 2. The summed E-state index contributed by atoms with van der Waals surface area (Å²) in [7, 11) is 0. The van der Waals surface area contributed by atoms with Gasteiger partial charge in [0.2, 0.25) is 0 Å². The summed E-state index contributed by atoms with van der Waals surface area (Å²) in [5, 5.41) is 0. The molecule has 0 aromatic rings. The third kappa shape index (κ3) is 3.50. The van der Waals surface area contributed by atoms with Crippen LogP contribution in [-0.4, -0.2) is 43.9 Å². The maximum Gasteiger partial charge on any atom is 0.103 e. The number of rotatable bonds is 4. The number of hydrogen-bond donors (Lipinski definition) is 0. The molecule has 0 aromatic carbocycles. The summed E-state index contributed by atoms with van der Waals surface area (Å²) < 4.78 is 17.9. The van der Waals surface area contributed by atoms with Gasteiger partial charge in [0.1, 0.15) is 6.17 Å². The number of nitrogens with zero attached hydrogens (tertiary/aromatic N) is 1. The van der Waals surface area contributed by atoms with Gasteiger partial charge in [-0.3, -0.25) is 0 Å². The average Bonchev–Trinajstić information content (AvgIpc) is 2.09. The van der Waals surface area contributed by atoms with E-state index >= 15 is 0 Å². The van der Waals surface area contributed by atoms with Crippen LogP contribution < -0.4 is 0 Å². The number of piperidine rings is 1. The molecule has 0 aromatic heterocycles. The second kappa shape index (κ2) is 5.49. The van der Waals surface area contributed by atoms with Crippen molar-refractivity contribution >= 4 is 0 Å². The minimum atomic E-state index is -0.562. The van der Waals surface area contributed by atoms with Gasteiger partial charge in [-0.25, -0.2) is 4.39 Å².